The summed E-state index contributed by atoms with van der Waals surface area (Å²) in [5, 5.41) is 2.88. The number of ether oxygens (including phenoxy) is 2. The van der Waals surface area contributed by atoms with Crippen molar-refractivity contribution in [2.45, 2.75) is 45.6 Å². The van der Waals surface area contributed by atoms with Gasteiger partial charge in [0.05, 0.1) is 19.9 Å². The molecule has 0 aliphatic carbocycles. The van der Waals surface area contributed by atoms with Gasteiger partial charge in [0.25, 0.3) is 5.91 Å². The van der Waals surface area contributed by atoms with Crippen LogP contribution in [0, 0.1) is 6.92 Å². The molecular weight excluding hydrogens is 356 g/mol. The van der Waals surface area contributed by atoms with Gasteiger partial charge in [-0.25, -0.2) is 9.97 Å². The molecule has 150 valence electrons. The Hall–Kier alpha value is -2.83. The summed E-state index contributed by atoms with van der Waals surface area (Å²) in [6.45, 7) is 4.99. The molecule has 0 bridgehead atoms. The Morgan fingerprint density at radius 3 is 2.75 bits per heavy atom. The molecule has 1 saturated heterocycles. The van der Waals surface area contributed by atoms with Gasteiger partial charge in [0.15, 0.2) is 0 Å². The molecule has 1 fully saturated rings. The maximum absolute atomic E-state index is 12.9. The Morgan fingerprint density at radius 2 is 2.04 bits per heavy atom. The van der Waals surface area contributed by atoms with Crippen molar-refractivity contribution in [2.24, 2.45) is 0 Å². The number of methoxy groups -OCH3 is 2. The average molecular weight is 384 g/mol. The maximum atomic E-state index is 12.9. The second-order valence-corrected chi connectivity index (χ2v) is 6.97. The van der Waals surface area contributed by atoms with E-state index in [0.29, 0.717) is 34.9 Å². The number of carbonyl (C=O) groups excluding carboxylic acids is 1. The third-order valence-corrected chi connectivity index (χ3v) is 5.09. The van der Waals surface area contributed by atoms with Crippen molar-refractivity contribution in [1.82, 2.24) is 9.97 Å². The van der Waals surface area contributed by atoms with E-state index >= 15 is 0 Å². The van der Waals surface area contributed by atoms with Crippen molar-refractivity contribution in [1.29, 1.82) is 0 Å². The quantitative estimate of drug-likeness (QED) is 0.816. The average Bonchev–Trinajstić information content (AvgIpc) is 2.73. The van der Waals surface area contributed by atoms with Crippen LogP contribution >= 0.6 is 0 Å². The molecule has 0 spiro atoms. The second-order valence-electron chi connectivity index (χ2n) is 6.97. The van der Waals surface area contributed by atoms with Crippen LogP contribution in [0.1, 0.15) is 48.8 Å². The summed E-state index contributed by atoms with van der Waals surface area (Å²) in [6, 6.07) is 7.39. The molecule has 2 aromatic rings. The van der Waals surface area contributed by atoms with Crippen molar-refractivity contribution in [3.05, 3.63) is 35.7 Å². The van der Waals surface area contributed by atoms with Gasteiger partial charge in [0.1, 0.15) is 17.2 Å². The Kier molecular flexibility index (Phi) is 6.34. The second kappa shape index (κ2) is 8.91. The number of rotatable bonds is 6. The van der Waals surface area contributed by atoms with Crippen LogP contribution in [0.15, 0.2) is 24.3 Å². The fourth-order valence-corrected chi connectivity index (χ4v) is 3.58. The predicted molar refractivity (Wildman–Crippen MR) is 110 cm³/mol. The lowest BCUT2D eigenvalue weighted by atomic mass is 10.0. The monoisotopic (exact) mass is 384 g/mol. The molecule has 1 unspecified atom stereocenters. The zero-order chi connectivity index (χ0) is 20.1. The Labute approximate surface area is 166 Å². The number of carbonyl (C=O) groups is 1. The van der Waals surface area contributed by atoms with E-state index in [1.807, 2.05) is 6.92 Å². The first-order valence-corrected chi connectivity index (χ1v) is 9.71. The zero-order valence-electron chi connectivity index (χ0n) is 17.0. The van der Waals surface area contributed by atoms with Gasteiger partial charge in [-0.3, -0.25) is 4.79 Å². The molecule has 1 aliphatic rings. The van der Waals surface area contributed by atoms with Crippen LogP contribution < -0.4 is 19.7 Å². The molecular formula is C21H28N4O3. The number of amides is 1. The van der Waals surface area contributed by atoms with E-state index in [-0.39, 0.29) is 5.91 Å². The van der Waals surface area contributed by atoms with Crippen molar-refractivity contribution in [3.8, 4) is 11.5 Å². The molecule has 1 aromatic carbocycles. The Bertz CT molecular complexity index is 840. The number of piperidine rings is 1. The van der Waals surface area contributed by atoms with Gasteiger partial charge in [0.2, 0.25) is 5.95 Å². The number of aromatic nitrogens is 2. The topological polar surface area (TPSA) is 76.6 Å². The fourth-order valence-electron chi connectivity index (χ4n) is 3.58. The van der Waals surface area contributed by atoms with Crippen molar-refractivity contribution >= 4 is 17.5 Å². The van der Waals surface area contributed by atoms with Gasteiger partial charge in [-0.15, -0.1) is 0 Å². The summed E-state index contributed by atoms with van der Waals surface area (Å²) in [5.74, 6) is 1.52. The van der Waals surface area contributed by atoms with Crippen molar-refractivity contribution < 1.29 is 14.3 Å². The molecule has 1 N–H and O–H groups in total. The van der Waals surface area contributed by atoms with Crippen LogP contribution in [0.25, 0.3) is 0 Å². The molecule has 7 nitrogen and oxygen atoms in total. The highest BCUT2D eigenvalue weighted by atomic mass is 16.5. The lowest BCUT2D eigenvalue weighted by Gasteiger charge is -2.35. The van der Waals surface area contributed by atoms with Crippen molar-refractivity contribution in [2.75, 3.05) is 31.0 Å². The van der Waals surface area contributed by atoms with Gasteiger partial charge in [0, 0.05) is 24.3 Å². The minimum atomic E-state index is -0.302. The first-order chi connectivity index (χ1) is 13.5. The summed E-state index contributed by atoms with van der Waals surface area (Å²) in [4.78, 5) is 24.3. The molecule has 0 radical (unpaired) electrons. The van der Waals surface area contributed by atoms with E-state index in [9.17, 15) is 4.79 Å². The minimum Gasteiger partial charge on any atom is -0.497 e. The number of hydrogen-bond acceptors (Lipinski definition) is 6. The standard InChI is InChI=1S/C21H28N4O3/c1-5-15-8-6-7-11-25(15)21-22-14(2)12-18(24-21)20(26)23-17-13-16(27-3)9-10-19(17)28-4/h9-10,12-13,15H,5-8,11H2,1-4H3,(H,23,26). The molecule has 1 amide bonds. The highest BCUT2D eigenvalue weighted by Crippen LogP contribution is 2.29. The lowest BCUT2D eigenvalue weighted by Crippen LogP contribution is -2.40. The van der Waals surface area contributed by atoms with Gasteiger partial charge in [-0.2, -0.15) is 0 Å². The molecule has 3 rings (SSSR count). The third kappa shape index (κ3) is 4.35. The smallest absolute Gasteiger partial charge is 0.274 e. The Balaban J connectivity index is 1.87. The van der Waals surface area contributed by atoms with Crippen LogP contribution in [-0.4, -0.2) is 42.7 Å². The Morgan fingerprint density at radius 1 is 1.21 bits per heavy atom. The third-order valence-electron chi connectivity index (χ3n) is 5.09. The number of aryl methyl sites for hydroxylation is 1. The minimum absolute atomic E-state index is 0.302. The van der Waals surface area contributed by atoms with Gasteiger partial charge < -0.3 is 19.7 Å². The predicted octanol–water partition coefficient (Wildman–Crippen LogP) is 3.82. The van der Waals surface area contributed by atoms with Gasteiger partial charge >= 0.3 is 0 Å². The number of nitrogens with one attached hydrogen (secondary N) is 1. The summed E-state index contributed by atoms with van der Waals surface area (Å²) in [5.41, 5.74) is 1.65. The number of nitrogens with zero attached hydrogens (tertiary/aromatic N) is 3. The van der Waals surface area contributed by atoms with E-state index in [1.54, 1.807) is 38.5 Å². The van der Waals surface area contributed by atoms with Crippen LogP contribution in [0.3, 0.4) is 0 Å². The summed E-state index contributed by atoms with van der Waals surface area (Å²) < 4.78 is 10.6. The molecule has 28 heavy (non-hydrogen) atoms. The molecule has 2 heterocycles. The summed E-state index contributed by atoms with van der Waals surface area (Å²) >= 11 is 0. The van der Waals surface area contributed by atoms with E-state index in [4.69, 9.17) is 9.47 Å². The van der Waals surface area contributed by atoms with Crippen LogP contribution in [0.5, 0.6) is 11.5 Å². The number of hydrogen-bond donors (Lipinski definition) is 1. The summed E-state index contributed by atoms with van der Waals surface area (Å²) in [7, 11) is 3.14. The van der Waals surface area contributed by atoms with Gasteiger partial charge in [-0.1, -0.05) is 6.92 Å². The normalized spacial score (nSPS) is 16.6. The molecule has 1 atom stereocenters. The molecule has 7 heteroatoms. The molecule has 1 aliphatic heterocycles. The van der Waals surface area contributed by atoms with Crippen LogP contribution in [-0.2, 0) is 0 Å². The summed E-state index contributed by atoms with van der Waals surface area (Å²) in [6.07, 6.45) is 4.52. The molecule has 0 saturated carbocycles. The zero-order valence-corrected chi connectivity index (χ0v) is 17.0. The highest BCUT2D eigenvalue weighted by molar-refractivity contribution is 6.04. The fraction of sp³-hybridized carbons (Fsp3) is 0.476. The van der Waals surface area contributed by atoms with E-state index in [1.165, 1.54) is 6.42 Å². The van der Waals surface area contributed by atoms with E-state index in [0.717, 1.165) is 31.5 Å². The number of anilines is 2. The SMILES string of the molecule is CCC1CCCCN1c1nc(C)cc(C(=O)Nc2cc(OC)ccc2OC)n1. The van der Waals surface area contributed by atoms with Crippen LogP contribution in [0.2, 0.25) is 0 Å². The van der Waals surface area contributed by atoms with Crippen molar-refractivity contribution in [3.63, 3.8) is 0 Å². The maximum Gasteiger partial charge on any atom is 0.274 e. The van der Waals surface area contributed by atoms with E-state index in [2.05, 4.69) is 27.1 Å². The first kappa shape index (κ1) is 19.9. The van der Waals surface area contributed by atoms with E-state index < -0.39 is 0 Å². The van der Waals surface area contributed by atoms with Gasteiger partial charge in [-0.05, 0) is 50.8 Å². The van der Waals surface area contributed by atoms with Crippen LogP contribution in [0.4, 0.5) is 11.6 Å². The molecule has 1 aromatic heterocycles. The first-order valence-electron chi connectivity index (χ1n) is 9.71. The highest BCUT2D eigenvalue weighted by Gasteiger charge is 2.24. The number of benzene rings is 1. The lowest BCUT2D eigenvalue weighted by molar-refractivity contribution is 0.102. The largest absolute Gasteiger partial charge is 0.497 e.